The number of nitrogens with two attached hydrogens (primary N) is 1. The zero-order valence-corrected chi connectivity index (χ0v) is 9.94. The van der Waals surface area contributed by atoms with Crippen molar-refractivity contribution in [1.82, 2.24) is 9.78 Å². The van der Waals surface area contributed by atoms with Gasteiger partial charge in [0.1, 0.15) is 5.82 Å². The second-order valence-electron chi connectivity index (χ2n) is 4.35. The second kappa shape index (κ2) is 4.00. The first-order valence-corrected chi connectivity index (χ1v) is 5.48. The molecule has 84 valence electrons. The van der Waals surface area contributed by atoms with Gasteiger partial charge >= 0.3 is 0 Å². The van der Waals surface area contributed by atoms with E-state index in [1.807, 2.05) is 13.1 Å². The standard InChI is InChI=1S/C13H17N3/c1-9(2)10-4-6-11(7-5-10)12-8-13(14)16(3)15-12/h4-9H,14H2,1-3H3. The Kier molecular flexibility index (Phi) is 2.69. The number of aromatic nitrogens is 2. The second-order valence-corrected chi connectivity index (χ2v) is 4.35. The van der Waals surface area contributed by atoms with Crippen LogP contribution in [0.15, 0.2) is 30.3 Å². The van der Waals surface area contributed by atoms with E-state index >= 15 is 0 Å². The smallest absolute Gasteiger partial charge is 0.121 e. The number of hydrogen-bond acceptors (Lipinski definition) is 2. The Morgan fingerprint density at radius 1 is 1.19 bits per heavy atom. The molecule has 0 saturated carbocycles. The fourth-order valence-electron chi connectivity index (χ4n) is 1.66. The molecule has 0 radical (unpaired) electrons. The molecule has 0 aliphatic heterocycles. The highest BCUT2D eigenvalue weighted by atomic mass is 15.3. The number of aryl methyl sites for hydroxylation is 1. The molecule has 0 bridgehead atoms. The van der Waals surface area contributed by atoms with Crippen molar-refractivity contribution in [1.29, 1.82) is 0 Å². The SMILES string of the molecule is CC(C)c1ccc(-c2cc(N)n(C)n2)cc1. The van der Waals surface area contributed by atoms with Gasteiger partial charge in [-0.3, -0.25) is 4.68 Å². The maximum absolute atomic E-state index is 5.76. The van der Waals surface area contributed by atoms with Crippen molar-refractivity contribution in [2.24, 2.45) is 7.05 Å². The average molecular weight is 215 g/mol. The molecule has 2 rings (SSSR count). The van der Waals surface area contributed by atoms with E-state index in [4.69, 9.17) is 5.73 Å². The number of hydrogen-bond donors (Lipinski definition) is 1. The fraction of sp³-hybridized carbons (Fsp3) is 0.308. The van der Waals surface area contributed by atoms with Gasteiger partial charge in [0.25, 0.3) is 0 Å². The third-order valence-corrected chi connectivity index (χ3v) is 2.79. The summed E-state index contributed by atoms with van der Waals surface area (Å²) in [6, 6.07) is 10.4. The molecule has 3 nitrogen and oxygen atoms in total. The molecular weight excluding hydrogens is 198 g/mol. The van der Waals surface area contributed by atoms with Crippen LogP contribution < -0.4 is 5.73 Å². The van der Waals surface area contributed by atoms with Crippen LogP contribution in [0.1, 0.15) is 25.3 Å². The largest absolute Gasteiger partial charge is 0.384 e. The third kappa shape index (κ3) is 1.94. The van der Waals surface area contributed by atoms with E-state index in [1.165, 1.54) is 5.56 Å². The molecule has 0 fully saturated rings. The predicted molar refractivity (Wildman–Crippen MR) is 67.1 cm³/mol. The van der Waals surface area contributed by atoms with E-state index < -0.39 is 0 Å². The highest BCUT2D eigenvalue weighted by Crippen LogP contribution is 2.22. The van der Waals surface area contributed by atoms with Crippen LogP contribution in [0, 0.1) is 0 Å². The Morgan fingerprint density at radius 3 is 2.25 bits per heavy atom. The topological polar surface area (TPSA) is 43.8 Å². The van der Waals surface area contributed by atoms with Crippen LogP contribution in [-0.2, 0) is 7.05 Å². The summed E-state index contributed by atoms with van der Waals surface area (Å²) >= 11 is 0. The molecule has 3 heteroatoms. The highest BCUT2D eigenvalue weighted by Gasteiger charge is 2.05. The van der Waals surface area contributed by atoms with Crippen molar-refractivity contribution in [2.45, 2.75) is 19.8 Å². The van der Waals surface area contributed by atoms with Crippen molar-refractivity contribution in [3.8, 4) is 11.3 Å². The van der Waals surface area contributed by atoms with Gasteiger partial charge in [0.15, 0.2) is 0 Å². The van der Waals surface area contributed by atoms with Crippen LogP contribution in [-0.4, -0.2) is 9.78 Å². The van der Waals surface area contributed by atoms with Crippen molar-refractivity contribution in [3.05, 3.63) is 35.9 Å². The van der Waals surface area contributed by atoms with Crippen molar-refractivity contribution < 1.29 is 0 Å². The minimum Gasteiger partial charge on any atom is -0.384 e. The number of nitrogens with zero attached hydrogens (tertiary/aromatic N) is 2. The summed E-state index contributed by atoms with van der Waals surface area (Å²) in [6.07, 6.45) is 0. The van der Waals surface area contributed by atoms with E-state index in [0.717, 1.165) is 11.3 Å². The molecule has 0 atom stereocenters. The Balaban J connectivity index is 2.34. The zero-order chi connectivity index (χ0) is 11.7. The summed E-state index contributed by atoms with van der Waals surface area (Å²) in [4.78, 5) is 0. The minimum absolute atomic E-state index is 0.558. The summed E-state index contributed by atoms with van der Waals surface area (Å²) in [5.41, 5.74) is 9.13. The van der Waals surface area contributed by atoms with Gasteiger partial charge in [0.05, 0.1) is 5.69 Å². The molecule has 0 aliphatic rings. The summed E-state index contributed by atoms with van der Waals surface area (Å²) in [5, 5.41) is 4.35. The summed E-state index contributed by atoms with van der Waals surface area (Å²) in [7, 11) is 1.85. The third-order valence-electron chi connectivity index (χ3n) is 2.79. The molecule has 0 amide bonds. The van der Waals surface area contributed by atoms with E-state index in [2.05, 4.69) is 43.2 Å². The number of nitrogen functional groups attached to an aromatic ring is 1. The lowest BCUT2D eigenvalue weighted by Crippen LogP contribution is -1.96. The first-order valence-electron chi connectivity index (χ1n) is 5.48. The molecule has 1 aromatic heterocycles. The summed E-state index contributed by atoms with van der Waals surface area (Å²) in [6.45, 7) is 4.38. The molecule has 0 saturated heterocycles. The molecule has 1 heterocycles. The van der Waals surface area contributed by atoms with Gasteiger partial charge in [-0.1, -0.05) is 38.1 Å². The van der Waals surface area contributed by atoms with E-state index in [9.17, 15) is 0 Å². The molecule has 2 aromatic rings. The first kappa shape index (κ1) is 10.7. The summed E-state index contributed by atoms with van der Waals surface area (Å²) < 4.78 is 1.69. The van der Waals surface area contributed by atoms with Crippen LogP contribution in [0.2, 0.25) is 0 Å². The van der Waals surface area contributed by atoms with Gasteiger partial charge in [0, 0.05) is 18.7 Å². The monoisotopic (exact) mass is 215 g/mol. The maximum atomic E-state index is 5.76. The highest BCUT2D eigenvalue weighted by molar-refractivity contribution is 5.62. The Labute approximate surface area is 95.9 Å². The molecule has 1 aromatic carbocycles. The zero-order valence-electron chi connectivity index (χ0n) is 9.94. The van der Waals surface area contributed by atoms with Gasteiger partial charge < -0.3 is 5.73 Å². The maximum Gasteiger partial charge on any atom is 0.121 e. The Hall–Kier alpha value is -1.77. The van der Waals surface area contributed by atoms with E-state index in [1.54, 1.807) is 4.68 Å². The molecular formula is C13H17N3. The van der Waals surface area contributed by atoms with Gasteiger partial charge in [-0.25, -0.2) is 0 Å². The summed E-state index contributed by atoms with van der Waals surface area (Å²) in [5.74, 6) is 1.24. The van der Waals surface area contributed by atoms with E-state index in [-0.39, 0.29) is 0 Å². The molecule has 16 heavy (non-hydrogen) atoms. The predicted octanol–water partition coefficient (Wildman–Crippen LogP) is 2.79. The molecule has 0 unspecified atom stereocenters. The van der Waals surface area contributed by atoms with Crippen molar-refractivity contribution in [2.75, 3.05) is 5.73 Å². The van der Waals surface area contributed by atoms with Crippen molar-refractivity contribution in [3.63, 3.8) is 0 Å². The van der Waals surface area contributed by atoms with Gasteiger partial charge in [-0.2, -0.15) is 5.10 Å². The normalized spacial score (nSPS) is 11.0. The average Bonchev–Trinajstić information content (AvgIpc) is 2.59. The Morgan fingerprint density at radius 2 is 1.81 bits per heavy atom. The van der Waals surface area contributed by atoms with Crippen LogP contribution >= 0.6 is 0 Å². The number of rotatable bonds is 2. The van der Waals surface area contributed by atoms with Gasteiger partial charge in [-0.15, -0.1) is 0 Å². The molecule has 0 aliphatic carbocycles. The Bertz CT molecular complexity index is 461. The molecule has 2 N–H and O–H groups in total. The lowest BCUT2D eigenvalue weighted by molar-refractivity contribution is 0.782. The van der Waals surface area contributed by atoms with Crippen LogP contribution in [0.4, 0.5) is 5.82 Å². The number of anilines is 1. The van der Waals surface area contributed by atoms with Crippen LogP contribution in [0.3, 0.4) is 0 Å². The fourth-order valence-corrected chi connectivity index (χ4v) is 1.66. The molecule has 0 spiro atoms. The quantitative estimate of drug-likeness (QED) is 0.837. The lowest BCUT2D eigenvalue weighted by Gasteiger charge is -2.05. The van der Waals surface area contributed by atoms with E-state index in [0.29, 0.717) is 11.7 Å². The van der Waals surface area contributed by atoms with Gasteiger partial charge in [-0.05, 0) is 11.5 Å². The van der Waals surface area contributed by atoms with Crippen LogP contribution in [0.5, 0.6) is 0 Å². The van der Waals surface area contributed by atoms with Gasteiger partial charge in [0.2, 0.25) is 0 Å². The number of benzene rings is 1. The minimum atomic E-state index is 0.558. The first-order chi connectivity index (χ1) is 7.58. The lowest BCUT2D eigenvalue weighted by atomic mass is 10.0. The van der Waals surface area contributed by atoms with Crippen molar-refractivity contribution >= 4 is 5.82 Å². The van der Waals surface area contributed by atoms with Crippen LogP contribution in [0.25, 0.3) is 11.3 Å².